The van der Waals surface area contributed by atoms with Crippen LogP contribution >= 0.6 is 0 Å². The average molecular weight is 879 g/mol. The van der Waals surface area contributed by atoms with Crippen molar-refractivity contribution >= 4 is 47.4 Å². The standard InChI is InChI=1S/C46H50N6O12/c1-3-27-61-44(56)47-26-12-11-17-38(41(53)48-35-20-18-34(19-21-35)31-63-46(58)64-37-24-22-36(23-25-37)52(59)60)49-42(54)39(29-32-13-7-5-8-14-32)50-43(55)40(51-45(57)62-28-4-2)30-33-15-9-6-10-16-33/h3-10,13-16,18-25,38-40H,1-2,11-12,17,26-31H2,(H,47,56)(H,48,53)(H,49,54)(H,50,55)(H,51,57)/t38-,39-,40+/m0/s1. The van der Waals surface area contributed by atoms with E-state index in [0.29, 0.717) is 29.7 Å². The lowest BCUT2D eigenvalue weighted by molar-refractivity contribution is -0.384. The highest BCUT2D eigenvalue weighted by Crippen LogP contribution is 2.19. The molecule has 0 heterocycles. The molecule has 336 valence electrons. The number of hydrogen-bond donors (Lipinski definition) is 5. The van der Waals surface area contributed by atoms with E-state index in [1.807, 2.05) is 6.07 Å². The number of ether oxygens (including phenoxy) is 4. The van der Waals surface area contributed by atoms with E-state index in [1.54, 1.807) is 78.9 Å². The molecule has 3 atom stereocenters. The van der Waals surface area contributed by atoms with E-state index in [1.165, 1.54) is 36.4 Å². The zero-order valence-electron chi connectivity index (χ0n) is 34.9. The number of carbonyl (C=O) groups is 6. The van der Waals surface area contributed by atoms with Gasteiger partial charge in [0, 0.05) is 37.2 Å². The molecule has 0 fully saturated rings. The van der Waals surface area contributed by atoms with Gasteiger partial charge in [-0.1, -0.05) is 98.1 Å². The molecule has 5 amide bonds. The maximum atomic E-state index is 14.2. The molecule has 5 N–H and O–H groups in total. The Bertz CT molecular complexity index is 2190. The normalized spacial score (nSPS) is 11.8. The summed E-state index contributed by atoms with van der Waals surface area (Å²) in [5, 5.41) is 24.4. The van der Waals surface area contributed by atoms with E-state index in [9.17, 15) is 38.9 Å². The predicted octanol–water partition coefficient (Wildman–Crippen LogP) is 6.07. The van der Waals surface area contributed by atoms with Crippen LogP contribution in [0.5, 0.6) is 5.75 Å². The van der Waals surface area contributed by atoms with Crippen LogP contribution in [-0.2, 0) is 48.0 Å². The lowest BCUT2D eigenvalue weighted by Gasteiger charge is -2.25. The molecule has 4 aromatic carbocycles. The van der Waals surface area contributed by atoms with Gasteiger partial charge in [-0.05, 0) is 60.2 Å². The number of unbranched alkanes of at least 4 members (excludes halogenated alkanes) is 1. The first-order chi connectivity index (χ1) is 30.9. The number of amides is 5. The largest absolute Gasteiger partial charge is 0.514 e. The van der Waals surface area contributed by atoms with E-state index in [4.69, 9.17) is 18.9 Å². The van der Waals surface area contributed by atoms with E-state index in [0.717, 1.165) is 5.56 Å². The molecule has 18 heteroatoms. The Hall–Kier alpha value is -8.02. The molecule has 0 aliphatic carbocycles. The van der Waals surface area contributed by atoms with Crippen molar-refractivity contribution in [2.75, 3.05) is 25.1 Å². The SMILES string of the molecule is C=CCOC(=O)NCCCC[C@H](NC(=O)[C@H](Cc1ccccc1)NC(=O)[C@@H](Cc1ccccc1)NC(=O)OCC=C)C(=O)Nc1ccc(COC(=O)Oc2ccc([N+](=O)[O-])cc2)cc1. The fourth-order valence-corrected chi connectivity index (χ4v) is 5.92. The number of non-ortho nitro benzene ring substituents is 1. The van der Waals surface area contributed by atoms with Gasteiger partial charge < -0.3 is 45.5 Å². The van der Waals surface area contributed by atoms with Crippen molar-refractivity contribution < 1.29 is 52.6 Å². The Labute approximate surface area is 369 Å². The molecule has 0 radical (unpaired) electrons. The number of carbonyl (C=O) groups excluding carboxylic acids is 6. The van der Waals surface area contributed by atoms with Crippen molar-refractivity contribution in [1.82, 2.24) is 21.3 Å². The number of anilines is 1. The molecule has 0 aliphatic rings. The van der Waals surface area contributed by atoms with Crippen LogP contribution in [0, 0.1) is 10.1 Å². The fourth-order valence-electron chi connectivity index (χ4n) is 5.92. The smallest absolute Gasteiger partial charge is 0.445 e. The maximum Gasteiger partial charge on any atom is 0.514 e. The second-order valence-electron chi connectivity index (χ2n) is 14.0. The number of nitro groups is 1. The van der Waals surface area contributed by atoms with Crippen molar-refractivity contribution in [2.45, 2.75) is 56.8 Å². The Morgan fingerprint density at radius 1 is 0.609 bits per heavy atom. The molecule has 64 heavy (non-hydrogen) atoms. The Kier molecular flexibility index (Phi) is 20.0. The Morgan fingerprint density at radius 2 is 1.16 bits per heavy atom. The minimum absolute atomic E-state index is 0.0351. The van der Waals surface area contributed by atoms with Gasteiger partial charge >= 0.3 is 18.3 Å². The van der Waals surface area contributed by atoms with Crippen molar-refractivity contribution in [2.24, 2.45) is 0 Å². The molecule has 0 bridgehead atoms. The molecule has 0 spiro atoms. The number of nitro benzene ring substituents is 1. The maximum absolute atomic E-state index is 14.2. The summed E-state index contributed by atoms with van der Waals surface area (Å²) in [7, 11) is 0. The number of alkyl carbamates (subject to hydrolysis) is 2. The van der Waals surface area contributed by atoms with Crippen LogP contribution in [0.4, 0.5) is 25.8 Å². The molecule has 0 saturated carbocycles. The second-order valence-corrected chi connectivity index (χ2v) is 14.0. The highest BCUT2D eigenvalue weighted by atomic mass is 16.7. The summed E-state index contributed by atoms with van der Waals surface area (Å²) in [5.41, 5.74) is 2.16. The van der Waals surface area contributed by atoms with E-state index in [2.05, 4.69) is 39.7 Å². The molecule has 0 aromatic heterocycles. The Morgan fingerprint density at radius 3 is 1.72 bits per heavy atom. The lowest BCUT2D eigenvalue weighted by atomic mass is 10.0. The average Bonchev–Trinajstić information content (AvgIpc) is 3.29. The number of benzene rings is 4. The minimum atomic E-state index is -1.21. The first-order valence-corrected chi connectivity index (χ1v) is 20.2. The van der Waals surface area contributed by atoms with Crippen molar-refractivity contribution in [3.63, 3.8) is 0 Å². The zero-order valence-corrected chi connectivity index (χ0v) is 34.9. The molecule has 0 saturated heterocycles. The van der Waals surface area contributed by atoms with Gasteiger partial charge in [-0.2, -0.15) is 0 Å². The van der Waals surface area contributed by atoms with Gasteiger partial charge in [-0.15, -0.1) is 0 Å². The third-order valence-corrected chi connectivity index (χ3v) is 9.12. The van der Waals surface area contributed by atoms with Gasteiger partial charge in [0.2, 0.25) is 17.7 Å². The number of rotatable bonds is 24. The van der Waals surface area contributed by atoms with Gasteiger partial charge in [0.05, 0.1) is 4.92 Å². The van der Waals surface area contributed by atoms with Crippen LogP contribution in [0.25, 0.3) is 0 Å². The van der Waals surface area contributed by atoms with Crippen LogP contribution in [-0.4, -0.2) is 78.9 Å². The van der Waals surface area contributed by atoms with Crippen molar-refractivity contribution in [3.8, 4) is 5.75 Å². The summed E-state index contributed by atoms with van der Waals surface area (Å²) < 4.78 is 20.2. The number of nitrogens with one attached hydrogen (secondary N) is 5. The van der Waals surface area contributed by atoms with Crippen molar-refractivity contribution in [1.29, 1.82) is 0 Å². The summed E-state index contributed by atoms with van der Waals surface area (Å²) in [6.07, 6.45) is 1.32. The molecule has 18 nitrogen and oxygen atoms in total. The molecule has 0 unspecified atom stereocenters. The van der Waals surface area contributed by atoms with Crippen LogP contribution in [0.3, 0.4) is 0 Å². The third kappa shape index (κ3) is 17.5. The van der Waals surface area contributed by atoms with Gasteiger partial charge in [-0.25, -0.2) is 14.4 Å². The molecule has 0 aliphatic heterocycles. The number of nitrogens with zero attached hydrogens (tertiary/aromatic N) is 1. The highest BCUT2D eigenvalue weighted by molar-refractivity contribution is 5.99. The summed E-state index contributed by atoms with van der Waals surface area (Å²) in [6, 6.07) is 25.6. The van der Waals surface area contributed by atoms with Gasteiger partial charge in [0.15, 0.2) is 0 Å². The molecule has 4 aromatic rings. The van der Waals surface area contributed by atoms with Gasteiger partial charge in [0.1, 0.15) is 43.7 Å². The monoisotopic (exact) mass is 878 g/mol. The number of hydrogen-bond acceptors (Lipinski definition) is 12. The van der Waals surface area contributed by atoms with E-state index >= 15 is 0 Å². The highest BCUT2D eigenvalue weighted by Gasteiger charge is 2.30. The quantitative estimate of drug-likeness (QED) is 0.0103. The topological polar surface area (TPSA) is 243 Å². The third-order valence-electron chi connectivity index (χ3n) is 9.12. The van der Waals surface area contributed by atoms with E-state index in [-0.39, 0.29) is 57.1 Å². The zero-order chi connectivity index (χ0) is 46.1. The molecule has 4 rings (SSSR count). The summed E-state index contributed by atoms with van der Waals surface area (Å²) in [6.45, 7) is 7.01. The van der Waals surface area contributed by atoms with Crippen LogP contribution in [0.15, 0.2) is 135 Å². The lowest BCUT2D eigenvalue weighted by Crippen LogP contribution is -2.57. The fraction of sp³-hybridized carbons (Fsp3) is 0.261. The molecular formula is C46H50N6O12. The first-order valence-electron chi connectivity index (χ1n) is 20.2. The van der Waals surface area contributed by atoms with Gasteiger partial charge in [-0.3, -0.25) is 24.5 Å². The van der Waals surface area contributed by atoms with Crippen LogP contribution < -0.4 is 31.3 Å². The second kappa shape index (κ2) is 26.3. The van der Waals surface area contributed by atoms with E-state index < -0.39 is 59.1 Å². The van der Waals surface area contributed by atoms with Crippen LogP contribution in [0.1, 0.15) is 36.0 Å². The Balaban J connectivity index is 1.47. The van der Waals surface area contributed by atoms with Crippen LogP contribution in [0.2, 0.25) is 0 Å². The first kappa shape index (κ1) is 48.6. The summed E-state index contributed by atoms with van der Waals surface area (Å²) >= 11 is 0. The summed E-state index contributed by atoms with van der Waals surface area (Å²) in [5.74, 6) is -1.88. The minimum Gasteiger partial charge on any atom is -0.445 e. The summed E-state index contributed by atoms with van der Waals surface area (Å²) in [4.78, 5) is 89.1. The van der Waals surface area contributed by atoms with Gasteiger partial charge in [0.25, 0.3) is 5.69 Å². The predicted molar refractivity (Wildman–Crippen MR) is 235 cm³/mol. The molecular weight excluding hydrogens is 829 g/mol. The van der Waals surface area contributed by atoms with Crippen molar-refractivity contribution in [3.05, 3.63) is 161 Å².